The summed E-state index contributed by atoms with van der Waals surface area (Å²) in [5.74, 6) is 1.02. The lowest BCUT2D eigenvalue weighted by Gasteiger charge is -2.28. The van der Waals surface area contributed by atoms with Crippen LogP contribution in [-0.2, 0) is 4.79 Å². The van der Waals surface area contributed by atoms with E-state index in [1.54, 1.807) is 19.1 Å². The number of ether oxygens (including phenoxy) is 1. The maximum atomic E-state index is 12.8. The number of para-hydroxylation sites is 1. The van der Waals surface area contributed by atoms with E-state index in [0.29, 0.717) is 0 Å². The van der Waals surface area contributed by atoms with Crippen LogP contribution in [0.25, 0.3) is 0 Å². The first kappa shape index (κ1) is 20.7. The molecule has 2 aromatic rings. The number of carbonyl (C=O) groups excluding carboxylic acids is 2. The van der Waals surface area contributed by atoms with Crippen LogP contribution in [0.2, 0.25) is 0 Å². The van der Waals surface area contributed by atoms with Crippen molar-refractivity contribution < 1.29 is 14.3 Å². The van der Waals surface area contributed by atoms with Gasteiger partial charge in [0.2, 0.25) is 5.91 Å². The number of carbonyl (C=O) groups is 2. The van der Waals surface area contributed by atoms with Gasteiger partial charge < -0.3 is 20.3 Å². The third-order valence-corrected chi connectivity index (χ3v) is 5.46. The van der Waals surface area contributed by atoms with Crippen LogP contribution in [0.15, 0.2) is 48.5 Å². The van der Waals surface area contributed by atoms with Crippen molar-refractivity contribution in [2.24, 2.45) is 5.92 Å². The van der Waals surface area contributed by atoms with Gasteiger partial charge in [0.25, 0.3) is 0 Å². The van der Waals surface area contributed by atoms with Crippen LogP contribution in [0.1, 0.15) is 49.9 Å². The number of hydrogen-bond acceptors (Lipinski definition) is 3. The first-order valence-electron chi connectivity index (χ1n) is 9.97. The summed E-state index contributed by atoms with van der Waals surface area (Å²) in [6, 6.07) is 14.8. The van der Waals surface area contributed by atoms with Gasteiger partial charge in [0.15, 0.2) is 0 Å². The van der Waals surface area contributed by atoms with Gasteiger partial charge in [0.05, 0.1) is 19.2 Å². The highest BCUT2D eigenvalue weighted by atomic mass is 16.5. The standard InChI is InChI=1S/C23H29N3O3/c1-15(17-11-13-19(14-12-17)25-22(27)18-9-10-18)24-23(28)26(3)16(2)20-7-5-6-8-21(20)29-4/h5-8,11-16,18H,9-10H2,1-4H3,(H,24,28)(H,25,27). The first-order chi connectivity index (χ1) is 13.9. The number of nitrogens with one attached hydrogen (secondary N) is 2. The Morgan fingerprint density at radius 3 is 2.34 bits per heavy atom. The lowest BCUT2D eigenvalue weighted by Crippen LogP contribution is -2.40. The van der Waals surface area contributed by atoms with Crippen molar-refractivity contribution in [3.05, 3.63) is 59.7 Å². The van der Waals surface area contributed by atoms with Gasteiger partial charge in [-0.3, -0.25) is 4.79 Å². The van der Waals surface area contributed by atoms with E-state index in [-0.39, 0.29) is 29.9 Å². The molecule has 1 saturated carbocycles. The minimum absolute atomic E-state index is 0.0889. The van der Waals surface area contributed by atoms with Crippen molar-refractivity contribution in [1.82, 2.24) is 10.2 Å². The average molecular weight is 396 g/mol. The highest BCUT2D eigenvalue weighted by Gasteiger charge is 2.29. The second kappa shape index (κ2) is 8.99. The molecular formula is C23H29N3O3. The summed E-state index contributed by atoms with van der Waals surface area (Å²) in [4.78, 5) is 26.3. The Kier molecular flexibility index (Phi) is 6.42. The lowest BCUT2D eigenvalue weighted by atomic mass is 10.1. The molecular weight excluding hydrogens is 366 g/mol. The number of rotatable bonds is 7. The monoisotopic (exact) mass is 395 g/mol. The second-order valence-corrected chi connectivity index (χ2v) is 7.59. The molecule has 1 fully saturated rings. The molecule has 0 spiro atoms. The van der Waals surface area contributed by atoms with E-state index in [0.717, 1.165) is 35.4 Å². The molecule has 3 amide bonds. The van der Waals surface area contributed by atoms with Crippen LogP contribution >= 0.6 is 0 Å². The highest BCUT2D eigenvalue weighted by Crippen LogP contribution is 2.30. The average Bonchev–Trinajstić information content (AvgIpc) is 3.58. The van der Waals surface area contributed by atoms with Crippen LogP contribution < -0.4 is 15.4 Å². The summed E-state index contributed by atoms with van der Waals surface area (Å²) in [5, 5.41) is 5.96. The van der Waals surface area contributed by atoms with E-state index >= 15 is 0 Å². The Hall–Kier alpha value is -3.02. The number of urea groups is 1. The number of amides is 3. The zero-order chi connectivity index (χ0) is 21.0. The molecule has 0 bridgehead atoms. The number of hydrogen-bond donors (Lipinski definition) is 2. The second-order valence-electron chi connectivity index (χ2n) is 7.59. The third-order valence-electron chi connectivity index (χ3n) is 5.46. The van der Waals surface area contributed by atoms with Crippen LogP contribution in [0.4, 0.5) is 10.5 Å². The molecule has 6 nitrogen and oxygen atoms in total. The van der Waals surface area contributed by atoms with Crippen molar-refractivity contribution in [3.8, 4) is 5.75 Å². The number of benzene rings is 2. The van der Waals surface area contributed by atoms with Gasteiger partial charge in [-0.25, -0.2) is 4.79 Å². The Labute approximate surface area is 172 Å². The number of nitrogens with zero attached hydrogens (tertiary/aromatic N) is 1. The molecule has 1 aliphatic carbocycles. The van der Waals surface area contributed by atoms with E-state index in [9.17, 15) is 9.59 Å². The molecule has 0 radical (unpaired) electrons. The van der Waals surface area contributed by atoms with E-state index in [1.807, 2.05) is 62.4 Å². The lowest BCUT2D eigenvalue weighted by molar-refractivity contribution is -0.117. The molecule has 0 aromatic heterocycles. The Morgan fingerprint density at radius 1 is 1.07 bits per heavy atom. The fourth-order valence-electron chi connectivity index (χ4n) is 3.21. The van der Waals surface area contributed by atoms with E-state index < -0.39 is 0 Å². The highest BCUT2D eigenvalue weighted by molar-refractivity contribution is 5.94. The largest absolute Gasteiger partial charge is 0.496 e. The van der Waals surface area contributed by atoms with Gasteiger partial charge in [-0.1, -0.05) is 30.3 Å². The van der Waals surface area contributed by atoms with Crippen LogP contribution in [0.3, 0.4) is 0 Å². The summed E-state index contributed by atoms with van der Waals surface area (Å²) in [7, 11) is 3.40. The van der Waals surface area contributed by atoms with Crippen molar-refractivity contribution in [1.29, 1.82) is 0 Å². The van der Waals surface area contributed by atoms with Gasteiger partial charge in [-0.05, 0) is 50.5 Å². The Morgan fingerprint density at radius 2 is 1.72 bits per heavy atom. The van der Waals surface area contributed by atoms with Crippen molar-refractivity contribution in [2.45, 2.75) is 38.8 Å². The van der Waals surface area contributed by atoms with Crippen LogP contribution in [0, 0.1) is 5.92 Å². The van der Waals surface area contributed by atoms with E-state index in [1.165, 1.54) is 0 Å². The molecule has 1 aliphatic rings. The molecule has 0 aliphatic heterocycles. The predicted molar refractivity (Wildman–Crippen MR) is 114 cm³/mol. The van der Waals surface area contributed by atoms with Gasteiger partial charge in [-0.15, -0.1) is 0 Å². The Balaban J connectivity index is 1.59. The van der Waals surface area contributed by atoms with Gasteiger partial charge >= 0.3 is 6.03 Å². The SMILES string of the molecule is COc1ccccc1C(C)N(C)C(=O)NC(C)c1ccc(NC(=O)C2CC2)cc1. The van der Waals surface area contributed by atoms with E-state index in [4.69, 9.17) is 4.74 Å². The maximum absolute atomic E-state index is 12.8. The van der Waals surface area contributed by atoms with Crippen LogP contribution in [0.5, 0.6) is 5.75 Å². The minimum Gasteiger partial charge on any atom is -0.496 e. The van der Waals surface area contributed by atoms with E-state index in [2.05, 4.69) is 10.6 Å². The quantitative estimate of drug-likeness (QED) is 0.725. The molecule has 0 heterocycles. The zero-order valence-corrected chi connectivity index (χ0v) is 17.4. The van der Waals surface area contributed by atoms with Crippen LogP contribution in [-0.4, -0.2) is 31.0 Å². The maximum Gasteiger partial charge on any atom is 0.318 e. The predicted octanol–water partition coefficient (Wildman–Crippen LogP) is 4.51. The molecule has 2 aromatic carbocycles. The minimum atomic E-state index is -0.165. The van der Waals surface area contributed by atoms with Crippen molar-refractivity contribution in [2.75, 3.05) is 19.5 Å². The van der Waals surface area contributed by atoms with Gasteiger partial charge in [0, 0.05) is 24.2 Å². The van der Waals surface area contributed by atoms with Crippen molar-refractivity contribution >= 4 is 17.6 Å². The summed E-state index contributed by atoms with van der Waals surface area (Å²) >= 11 is 0. The zero-order valence-electron chi connectivity index (χ0n) is 17.4. The summed E-state index contributed by atoms with van der Waals surface area (Å²) in [6.45, 7) is 3.91. The molecule has 3 rings (SSSR count). The fourth-order valence-corrected chi connectivity index (χ4v) is 3.21. The molecule has 2 unspecified atom stereocenters. The third kappa shape index (κ3) is 5.08. The summed E-state index contributed by atoms with van der Waals surface area (Å²) in [5.41, 5.74) is 2.71. The number of methoxy groups -OCH3 is 1. The molecule has 154 valence electrons. The summed E-state index contributed by atoms with van der Waals surface area (Å²) < 4.78 is 5.42. The smallest absolute Gasteiger partial charge is 0.318 e. The normalized spacial score (nSPS) is 15.2. The van der Waals surface area contributed by atoms with Gasteiger partial charge in [-0.2, -0.15) is 0 Å². The molecule has 2 N–H and O–H groups in total. The number of anilines is 1. The molecule has 6 heteroatoms. The fraction of sp³-hybridized carbons (Fsp3) is 0.391. The van der Waals surface area contributed by atoms with Gasteiger partial charge in [0.1, 0.15) is 5.75 Å². The molecule has 2 atom stereocenters. The molecule has 0 saturated heterocycles. The summed E-state index contributed by atoms with van der Waals surface area (Å²) in [6.07, 6.45) is 1.96. The topological polar surface area (TPSA) is 70.7 Å². The first-order valence-corrected chi connectivity index (χ1v) is 9.97. The Bertz CT molecular complexity index is 862. The molecule has 29 heavy (non-hydrogen) atoms. The van der Waals surface area contributed by atoms with Crippen molar-refractivity contribution in [3.63, 3.8) is 0 Å².